The monoisotopic (exact) mass is 292 g/mol. The van der Waals surface area contributed by atoms with Gasteiger partial charge in [0.2, 0.25) is 5.91 Å². The van der Waals surface area contributed by atoms with Crippen LogP contribution in [0.1, 0.15) is 25.8 Å². The third-order valence-electron chi connectivity index (χ3n) is 5.27. The number of carbonyl (C=O) groups excluding carboxylic acids is 1. The van der Waals surface area contributed by atoms with Crippen LogP contribution in [0, 0.1) is 24.1 Å². The van der Waals surface area contributed by atoms with Gasteiger partial charge in [0.05, 0.1) is 6.10 Å². The largest absolute Gasteiger partial charge is 0.377 e. The lowest BCUT2D eigenvalue weighted by atomic mass is 9.48. The molecular weight excluding hydrogens is 271 g/mol. The van der Waals surface area contributed by atoms with Crippen LogP contribution < -0.4 is 11.1 Å². The average molecular weight is 292 g/mol. The van der Waals surface area contributed by atoms with E-state index in [0.717, 1.165) is 6.42 Å². The highest BCUT2D eigenvalue weighted by Gasteiger charge is 2.71. The molecule has 2 aliphatic rings. The van der Waals surface area contributed by atoms with Crippen molar-refractivity contribution in [3.8, 4) is 0 Å². The number of halogens is 1. The number of nitrogens with one attached hydrogen (secondary N) is 1. The summed E-state index contributed by atoms with van der Waals surface area (Å²) in [6.07, 6.45) is 0.850. The topological polar surface area (TPSA) is 64.4 Å². The van der Waals surface area contributed by atoms with Gasteiger partial charge in [-0.3, -0.25) is 4.79 Å². The second-order valence-electron chi connectivity index (χ2n) is 6.69. The summed E-state index contributed by atoms with van der Waals surface area (Å²) < 4.78 is 18.8. The van der Waals surface area contributed by atoms with E-state index < -0.39 is 11.0 Å². The highest BCUT2D eigenvalue weighted by atomic mass is 19.1. The summed E-state index contributed by atoms with van der Waals surface area (Å²) >= 11 is 0. The number of nitrogens with two attached hydrogens (primary N) is 1. The number of hydrogen-bond acceptors (Lipinski definition) is 3. The molecule has 0 aromatic heterocycles. The van der Waals surface area contributed by atoms with Crippen LogP contribution in [0.15, 0.2) is 18.2 Å². The van der Waals surface area contributed by atoms with Crippen molar-refractivity contribution in [3.05, 3.63) is 29.6 Å². The molecule has 1 amide bonds. The Kier molecular flexibility index (Phi) is 3.11. The number of carbonyl (C=O) groups is 1. The number of aryl methyl sites for hydroxylation is 1. The summed E-state index contributed by atoms with van der Waals surface area (Å²) in [4.78, 5) is 12.7. The van der Waals surface area contributed by atoms with E-state index in [4.69, 9.17) is 10.5 Å². The molecule has 3 rings (SSSR count). The van der Waals surface area contributed by atoms with Gasteiger partial charge in [-0.05, 0) is 37.1 Å². The van der Waals surface area contributed by atoms with E-state index in [9.17, 15) is 9.18 Å². The SMILES string of the molecule is Cc1cc(F)ccc1NC(=O)C1(N)C2CCOC2C1(C)C. The highest BCUT2D eigenvalue weighted by Crippen LogP contribution is 2.58. The molecule has 1 aliphatic carbocycles. The van der Waals surface area contributed by atoms with Crippen molar-refractivity contribution in [1.29, 1.82) is 0 Å². The molecule has 114 valence electrons. The first-order chi connectivity index (χ1) is 9.78. The van der Waals surface area contributed by atoms with Crippen LogP contribution >= 0.6 is 0 Å². The van der Waals surface area contributed by atoms with E-state index >= 15 is 0 Å². The van der Waals surface area contributed by atoms with Crippen LogP contribution in [0.3, 0.4) is 0 Å². The Balaban J connectivity index is 1.85. The zero-order chi connectivity index (χ0) is 15.4. The number of hydrogen-bond donors (Lipinski definition) is 2. The lowest BCUT2D eigenvalue weighted by molar-refractivity contribution is -0.170. The minimum atomic E-state index is -0.949. The van der Waals surface area contributed by atoms with Gasteiger partial charge >= 0.3 is 0 Å². The van der Waals surface area contributed by atoms with Crippen molar-refractivity contribution in [2.24, 2.45) is 17.1 Å². The molecule has 1 aromatic rings. The summed E-state index contributed by atoms with van der Waals surface area (Å²) in [6, 6.07) is 4.30. The van der Waals surface area contributed by atoms with E-state index in [-0.39, 0.29) is 23.7 Å². The molecule has 4 nitrogen and oxygen atoms in total. The maximum Gasteiger partial charge on any atom is 0.245 e. The van der Waals surface area contributed by atoms with Crippen molar-refractivity contribution < 1.29 is 13.9 Å². The van der Waals surface area contributed by atoms with Gasteiger partial charge in [-0.15, -0.1) is 0 Å². The molecular formula is C16H21FN2O2. The molecule has 21 heavy (non-hydrogen) atoms. The lowest BCUT2D eigenvalue weighted by Gasteiger charge is -2.60. The van der Waals surface area contributed by atoms with Crippen LogP contribution in [-0.4, -0.2) is 24.2 Å². The quantitative estimate of drug-likeness (QED) is 0.878. The zero-order valence-electron chi connectivity index (χ0n) is 12.6. The number of ether oxygens (including phenoxy) is 1. The number of amides is 1. The Morgan fingerprint density at radius 1 is 1.48 bits per heavy atom. The Morgan fingerprint density at radius 2 is 2.19 bits per heavy atom. The van der Waals surface area contributed by atoms with Gasteiger partial charge < -0.3 is 15.8 Å². The first-order valence-corrected chi connectivity index (χ1v) is 7.26. The maximum absolute atomic E-state index is 13.1. The molecule has 0 radical (unpaired) electrons. The molecule has 1 heterocycles. The van der Waals surface area contributed by atoms with E-state index in [0.29, 0.717) is 17.9 Å². The molecule has 3 unspecified atom stereocenters. The van der Waals surface area contributed by atoms with Gasteiger partial charge in [0.25, 0.3) is 0 Å². The Hall–Kier alpha value is -1.46. The Morgan fingerprint density at radius 3 is 2.86 bits per heavy atom. The van der Waals surface area contributed by atoms with E-state index in [1.165, 1.54) is 12.1 Å². The molecule has 1 saturated carbocycles. The first-order valence-electron chi connectivity index (χ1n) is 7.26. The summed E-state index contributed by atoms with van der Waals surface area (Å²) in [5.41, 5.74) is 6.40. The fourth-order valence-electron chi connectivity index (χ4n) is 3.84. The maximum atomic E-state index is 13.1. The number of benzene rings is 1. The van der Waals surface area contributed by atoms with Gasteiger partial charge in [-0.2, -0.15) is 0 Å². The second-order valence-corrected chi connectivity index (χ2v) is 6.69. The molecule has 3 N–H and O–H groups in total. The lowest BCUT2D eigenvalue weighted by Crippen LogP contribution is -2.79. The van der Waals surface area contributed by atoms with E-state index in [1.807, 2.05) is 13.8 Å². The van der Waals surface area contributed by atoms with Gasteiger partial charge in [0, 0.05) is 23.6 Å². The smallest absolute Gasteiger partial charge is 0.245 e. The standard InChI is InChI=1S/C16H21FN2O2/c1-9-8-10(17)4-5-12(9)19-14(20)16(18)11-6-7-21-13(11)15(16,2)3/h4-5,8,11,13H,6-7,18H2,1-3H3,(H,19,20). The molecule has 0 bridgehead atoms. The second kappa shape index (κ2) is 4.52. The molecule has 1 aromatic carbocycles. The fraction of sp³-hybridized carbons (Fsp3) is 0.562. The normalized spacial score (nSPS) is 33.2. The predicted molar refractivity (Wildman–Crippen MR) is 78.3 cm³/mol. The minimum Gasteiger partial charge on any atom is -0.377 e. The van der Waals surface area contributed by atoms with Crippen molar-refractivity contribution >= 4 is 11.6 Å². The zero-order valence-corrected chi connectivity index (χ0v) is 12.6. The van der Waals surface area contributed by atoms with Crippen molar-refractivity contribution in [2.45, 2.75) is 38.8 Å². The molecule has 2 fully saturated rings. The Labute approximate surface area is 123 Å². The first kappa shape index (κ1) is 14.5. The average Bonchev–Trinajstić information content (AvgIpc) is 2.89. The summed E-state index contributed by atoms with van der Waals surface area (Å²) in [6.45, 7) is 6.35. The van der Waals surface area contributed by atoms with Gasteiger partial charge in [0.1, 0.15) is 11.4 Å². The summed E-state index contributed by atoms with van der Waals surface area (Å²) in [5, 5.41) is 2.86. The van der Waals surface area contributed by atoms with Crippen molar-refractivity contribution in [1.82, 2.24) is 0 Å². The van der Waals surface area contributed by atoms with Crippen LogP contribution in [0.25, 0.3) is 0 Å². The molecule has 0 spiro atoms. The number of anilines is 1. The van der Waals surface area contributed by atoms with Crippen LogP contribution in [0.2, 0.25) is 0 Å². The van der Waals surface area contributed by atoms with Gasteiger partial charge in [0.15, 0.2) is 0 Å². The number of fused-ring (bicyclic) bond motifs is 1. The van der Waals surface area contributed by atoms with Crippen LogP contribution in [0.4, 0.5) is 10.1 Å². The third-order valence-corrected chi connectivity index (χ3v) is 5.27. The van der Waals surface area contributed by atoms with E-state index in [1.54, 1.807) is 13.0 Å². The highest BCUT2D eigenvalue weighted by molar-refractivity contribution is 6.00. The van der Waals surface area contributed by atoms with Crippen molar-refractivity contribution in [2.75, 3.05) is 11.9 Å². The van der Waals surface area contributed by atoms with Crippen LogP contribution in [0.5, 0.6) is 0 Å². The summed E-state index contributed by atoms with van der Waals surface area (Å²) in [5.74, 6) is -0.483. The number of rotatable bonds is 2. The Bertz CT molecular complexity index is 602. The van der Waals surface area contributed by atoms with Crippen LogP contribution in [-0.2, 0) is 9.53 Å². The third kappa shape index (κ3) is 1.84. The molecule has 3 atom stereocenters. The molecule has 1 saturated heterocycles. The molecule has 1 aliphatic heterocycles. The van der Waals surface area contributed by atoms with Gasteiger partial charge in [-0.1, -0.05) is 13.8 Å². The fourth-order valence-corrected chi connectivity index (χ4v) is 3.84. The van der Waals surface area contributed by atoms with Gasteiger partial charge in [-0.25, -0.2) is 4.39 Å². The molecule has 5 heteroatoms. The minimum absolute atomic E-state index is 0.0440. The van der Waals surface area contributed by atoms with E-state index in [2.05, 4.69) is 5.32 Å². The summed E-state index contributed by atoms with van der Waals surface area (Å²) in [7, 11) is 0. The predicted octanol–water partition coefficient (Wildman–Crippen LogP) is 2.22. The van der Waals surface area contributed by atoms with Crippen molar-refractivity contribution in [3.63, 3.8) is 0 Å².